The van der Waals surface area contributed by atoms with E-state index in [0.717, 1.165) is 26.2 Å². The van der Waals surface area contributed by atoms with Crippen LogP contribution in [0.5, 0.6) is 0 Å². The largest absolute Gasteiger partial charge is 0.332 e. The minimum absolute atomic E-state index is 0.506. The number of likely N-dealkylation sites (N-methyl/N-ethyl adjacent to an activating group) is 2. The summed E-state index contributed by atoms with van der Waals surface area (Å²) in [6, 6.07) is 1.08. The summed E-state index contributed by atoms with van der Waals surface area (Å²) in [6.45, 7) is 9.70. The van der Waals surface area contributed by atoms with Crippen LogP contribution in [0, 0.1) is 0 Å². The van der Waals surface area contributed by atoms with Gasteiger partial charge >= 0.3 is 0 Å². The lowest BCUT2D eigenvalue weighted by atomic mass is 10.2. The topological polar surface area (TPSA) is 36.3 Å². The second-order valence-corrected chi connectivity index (χ2v) is 5.97. The zero-order valence-corrected chi connectivity index (χ0v) is 12.6. The molecular formula is C14H27N5. The van der Waals surface area contributed by atoms with E-state index in [-0.39, 0.29) is 0 Å². The highest BCUT2D eigenvalue weighted by Gasteiger charge is 2.22. The summed E-state index contributed by atoms with van der Waals surface area (Å²) < 4.78 is 2.29. The van der Waals surface area contributed by atoms with Crippen LogP contribution in [0.1, 0.15) is 19.5 Å². The molecule has 2 heterocycles. The Balaban J connectivity index is 1.96. The van der Waals surface area contributed by atoms with Crippen LogP contribution >= 0.6 is 0 Å². The lowest BCUT2D eigenvalue weighted by molar-refractivity contribution is 0.102. The van der Waals surface area contributed by atoms with E-state index in [4.69, 9.17) is 0 Å². The van der Waals surface area contributed by atoms with Gasteiger partial charge in [0.25, 0.3) is 0 Å². The predicted octanol–water partition coefficient (Wildman–Crippen LogP) is 0.627. The van der Waals surface area contributed by atoms with Gasteiger partial charge in [0.1, 0.15) is 0 Å². The zero-order chi connectivity index (χ0) is 13.8. The van der Waals surface area contributed by atoms with E-state index in [1.165, 1.54) is 12.2 Å². The van der Waals surface area contributed by atoms with Crippen molar-refractivity contribution in [3.8, 4) is 0 Å². The van der Waals surface area contributed by atoms with Gasteiger partial charge in [0.15, 0.2) is 0 Å². The summed E-state index contributed by atoms with van der Waals surface area (Å²) in [5, 5.41) is 3.46. The average molecular weight is 265 g/mol. The molecule has 1 aliphatic heterocycles. The summed E-state index contributed by atoms with van der Waals surface area (Å²) in [5.41, 5.74) is 1.27. The Morgan fingerprint density at radius 1 is 1.37 bits per heavy atom. The van der Waals surface area contributed by atoms with Crippen molar-refractivity contribution in [2.75, 3.05) is 33.7 Å². The summed E-state index contributed by atoms with van der Waals surface area (Å²) in [7, 11) is 4.43. The van der Waals surface area contributed by atoms with E-state index >= 15 is 0 Å². The number of rotatable bonds is 5. The Labute approximate surface area is 116 Å². The first-order chi connectivity index (χ1) is 9.06. The number of hydrogen-bond donors (Lipinski definition) is 1. The number of imidazole rings is 1. The molecule has 1 unspecified atom stereocenters. The molecule has 1 fully saturated rings. The standard InChI is InChI=1S/C14H27N5/c1-12(2)16-8-13-7-15-11-19(13)10-14-9-17(3)5-6-18(14)4/h7,11-12,14,16H,5-6,8-10H2,1-4H3. The molecular weight excluding hydrogens is 238 g/mol. The molecule has 1 saturated heterocycles. The minimum Gasteiger partial charge on any atom is -0.332 e. The van der Waals surface area contributed by atoms with Crippen molar-refractivity contribution in [1.82, 2.24) is 24.7 Å². The third-order valence-corrected chi connectivity index (χ3v) is 3.88. The van der Waals surface area contributed by atoms with Crippen LogP contribution in [0.3, 0.4) is 0 Å². The smallest absolute Gasteiger partial charge is 0.0949 e. The van der Waals surface area contributed by atoms with Gasteiger partial charge in [-0.05, 0) is 14.1 Å². The van der Waals surface area contributed by atoms with E-state index < -0.39 is 0 Å². The van der Waals surface area contributed by atoms with E-state index in [2.05, 4.69) is 52.6 Å². The molecule has 0 bridgehead atoms. The van der Waals surface area contributed by atoms with Crippen molar-refractivity contribution in [3.05, 3.63) is 18.2 Å². The molecule has 0 radical (unpaired) electrons. The molecule has 0 spiro atoms. The van der Waals surface area contributed by atoms with Gasteiger partial charge in [0.2, 0.25) is 0 Å². The van der Waals surface area contributed by atoms with Gasteiger partial charge in [-0.2, -0.15) is 0 Å². The third kappa shape index (κ3) is 4.03. The Kier molecular flexibility index (Phi) is 4.96. The van der Waals surface area contributed by atoms with Crippen LogP contribution < -0.4 is 5.32 Å². The van der Waals surface area contributed by atoms with Gasteiger partial charge < -0.3 is 14.8 Å². The van der Waals surface area contributed by atoms with E-state index in [1.54, 1.807) is 0 Å². The second-order valence-electron chi connectivity index (χ2n) is 5.97. The molecule has 1 aromatic rings. The fraction of sp³-hybridized carbons (Fsp3) is 0.786. The maximum Gasteiger partial charge on any atom is 0.0949 e. The maximum absolute atomic E-state index is 4.30. The molecule has 0 aromatic carbocycles. The zero-order valence-electron chi connectivity index (χ0n) is 12.6. The summed E-state index contributed by atoms with van der Waals surface area (Å²) in [5.74, 6) is 0. The maximum atomic E-state index is 4.30. The van der Waals surface area contributed by atoms with Crippen molar-refractivity contribution >= 4 is 0 Å². The van der Waals surface area contributed by atoms with Crippen LogP contribution in [0.2, 0.25) is 0 Å². The molecule has 19 heavy (non-hydrogen) atoms. The molecule has 108 valence electrons. The van der Waals surface area contributed by atoms with Gasteiger partial charge in [-0.1, -0.05) is 13.8 Å². The Bertz CT molecular complexity index is 387. The monoisotopic (exact) mass is 265 g/mol. The number of nitrogens with one attached hydrogen (secondary N) is 1. The Morgan fingerprint density at radius 3 is 2.89 bits per heavy atom. The first kappa shape index (κ1) is 14.5. The third-order valence-electron chi connectivity index (χ3n) is 3.88. The Hall–Kier alpha value is -0.910. The van der Waals surface area contributed by atoms with E-state index in [1.807, 2.05) is 12.5 Å². The first-order valence-corrected chi connectivity index (χ1v) is 7.17. The molecule has 1 aromatic heterocycles. The van der Waals surface area contributed by atoms with Gasteiger partial charge in [-0.15, -0.1) is 0 Å². The van der Waals surface area contributed by atoms with Gasteiger partial charge in [0, 0.05) is 51.0 Å². The molecule has 1 atom stereocenters. The number of nitrogens with zero attached hydrogens (tertiary/aromatic N) is 4. The second kappa shape index (κ2) is 6.50. The fourth-order valence-corrected chi connectivity index (χ4v) is 2.49. The highest BCUT2D eigenvalue weighted by molar-refractivity contribution is 4.99. The Morgan fingerprint density at radius 2 is 2.16 bits per heavy atom. The number of piperazine rings is 1. The van der Waals surface area contributed by atoms with Crippen LogP contribution in [-0.4, -0.2) is 65.2 Å². The lowest BCUT2D eigenvalue weighted by Crippen LogP contribution is -2.51. The van der Waals surface area contributed by atoms with Crippen LogP contribution in [0.4, 0.5) is 0 Å². The minimum atomic E-state index is 0.506. The summed E-state index contributed by atoms with van der Waals surface area (Å²) in [6.07, 6.45) is 3.93. The van der Waals surface area contributed by atoms with Gasteiger partial charge in [0.05, 0.1) is 12.0 Å². The van der Waals surface area contributed by atoms with Crippen molar-refractivity contribution in [2.45, 2.75) is 39.0 Å². The SMILES string of the molecule is CC(C)NCc1cncn1CC1CN(C)CCN1C. The lowest BCUT2D eigenvalue weighted by Gasteiger charge is -2.38. The predicted molar refractivity (Wildman–Crippen MR) is 78.1 cm³/mol. The highest BCUT2D eigenvalue weighted by Crippen LogP contribution is 2.10. The van der Waals surface area contributed by atoms with Crippen LogP contribution in [-0.2, 0) is 13.1 Å². The summed E-state index contributed by atoms with van der Waals surface area (Å²) in [4.78, 5) is 9.17. The van der Waals surface area contributed by atoms with Crippen LogP contribution in [0.15, 0.2) is 12.5 Å². The number of aromatic nitrogens is 2. The van der Waals surface area contributed by atoms with Crippen molar-refractivity contribution in [2.24, 2.45) is 0 Å². The van der Waals surface area contributed by atoms with Crippen molar-refractivity contribution in [3.63, 3.8) is 0 Å². The normalized spacial score (nSPS) is 22.3. The van der Waals surface area contributed by atoms with Gasteiger partial charge in [-0.3, -0.25) is 4.90 Å². The first-order valence-electron chi connectivity index (χ1n) is 7.17. The average Bonchev–Trinajstić information content (AvgIpc) is 2.79. The summed E-state index contributed by atoms with van der Waals surface area (Å²) >= 11 is 0. The molecule has 1 aliphatic rings. The molecule has 5 nitrogen and oxygen atoms in total. The fourth-order valence-electron chi connectivity index (χ4n) is 2.49. The molecule has 1 N–H and O–H groups in total. The number of hydrogen-bond acceptors (Lipinski definition) is 4. The molecule has 0 aliphatic carbocycles. The van der Waals surface area contributed by atoms with Crippen molar-refractivity contribution < 1.29 is 0 Å². The molecule has 5 heteroatoms. The van der Waals surface area contributed by atoms with Gasteiger partial charge in [-0.25, -0.2) is 4.98 Å². The molecule has 2 rings (SSSR count). The molecule has 0 amide bonds. The quantitative estimate of drug-likeness (QED) is 0.847. The molecule has 0 saturated carbocycles. The van der Waals surface area contributed by atoms with E-state index in [0.29, 0.717) is 12.1 Å². The van der Waals surface area contributed by atoms with Crippen molar-refractivity contribution in [1.29, 1.82) is 0 Å². The van der Waals surface area contributed by atoms with E-state index in [9.17, 15) is 0 Å². The highest BCUT2D eigenvalue weighted by atomic mass is 15.3. The van der Waals surface area contributed by atoms with Crippen LogP contribution in [0.25, 0.3) is 0 Å².